The third-order valence-electron chi connectivity index (χ3n) is 3.40. The summed E-state index contributed by atoms with van der Waals surface area (Å²) in [6, 6.07) is 6.56. The van der Waals surface area contributed by atoms with E-state index in [4.69, 9.17) is 0 Å². The Morgan fingerprint density at radius 3 is 2.17 bits per heavy atom. The Hall–Kier alpha value is -2.31. The first-order valence-corrected chi connectivity index (χ1v) is 7.96. The third kappa shape index (κ3) is 4.84. The van der Waals surface area contributed by atoms with Gasteiger partial charge in [0.05, 0.1) is 5.56 Å². The van der Waals surface area contributed by atoms with E-state index in [0.717, 1.165) is 38.1 Å². The van der Waals surface area contributed by atoms with Crippen LogP contribution in [0.15, 0.2) is 36.5 Å². The molecule has 0 bridgehead atoms. The van der Waals surface area contributed by atoms with Gasteiger partial charge in [0, 0.05) is 25.0 Å². The van der Waals surface area contributed by atoms with Gasteiger partial charge < -0.3 is 10.2 Å². The van der Waals surface area contributed by atoms with Crippen molar-refractivity contribution in [3.05, 3.63) is 42.1 Å². The molecule has 1 N–H and O–H groups in total. The van der Waals surface area contributed by atoms with Crippen molar-refractivity contribution in [3.8, 4) is 0 Å². The number of nitrogens with zero attached hydrogens (tertiary/aromatic N) is 3. The van der Waals surface area contributed by atoms with Crippen molar-refractivity contribution < 1.29 is 13.2 Å². The summed E-state index contributed by atoms with van der Waals surface area (Å²) in [6.45, 7) is 5.90. The van der Waals surface area contributed by atoms with Crippen LogP contribution in [0.1, 0.15) is 32.3 Å². The number of nitrogens with one attached hydrogen (secondary N) is 1. The lowest BCUT2D eigenvalue weighted by atomic mass is 10.2. The first-order valence-electron chi connectivity index (χ1n) is 7.96. The summed E-state index contributed by atoms with van der Waals surface area (Å²) >= 11 is 0. The summed E-state index contributed by atoms with van der Waals surface area (Å²) in [6.07, 6.45) is -0.714. The molecular formula is C17H21F3N4. The van der Waals surface area contributed by atoms with Gasteiger partial charge in [-0.1, -0.05) is 13.8 Å². The van der Waals surface area contributed by atoms with Crippen LogP contribution in [0.5, 0.6) is 0 Å². The molecule has 2 aromatic rings. The zero-order chi connectivity index (χ0) is 17.6. The molecule has 7 heteroatoms. The molecule has 0 radical (unpaired) electrons. The minimum Gasteiger partial charge on any atom is -0.341 e. The van der Waals surface area contributed by atoms with Crippen molar-refractivity contribution in [2.75, 3.05) is 23.3 Å². The lowest BCUT2D eigenvalue weighted by Crippen LogP contribution is -2.26. The van der Waals surface area contributed by atoms with Crippen LogP contribution in [0.25, 0.3) is 0 Å². The van der Waals surface area contributed by atoms with Crippen LogP contribution in [0.4, 0.5) is 30.6 Å². The molecule has 0 atom stereocenters. The highest BCUT2D eigenvalue weighted by Crippen LogP contribution is 2.30. The van der Waals surface area contributed by atoms with Crippen molar-refractivity contribution in [1.82, 2.24) is 9.97 Å². The van der Waals surface area contributed by atoms with Crippen LogP contribution < -0.4 is 10.2 Å². The molecule has 130 valence electrons. The van der Waals surface area contributed by atoms with E-state index in [0.29, 0.717) is 17.5 Å². The molecule has 0 unspecified atom stereocenters. The molecule has 0 spiro atoms. The fraction of sp³-hybridized carbons (Fsp3) is 0.412. The van der Waals surface area contributed by atoms with Gasteiger partial charge in [0.15, 0.2) is 0 Å². The zero-order valence-corrected chi connectivity index (χ0v) is 13.8. The maximum atomic E-state index is 12.6. The molecule has 4 nitrogen and oxygen atoms in total. The normalized spacial score (nSPS) is 11.4. The van der Waals surface area contributed by atoms with E-state index in [-0.39, 0.29) is 0 Å². The van der Waals surface area contributed by atoms with Gasteiger partial charge in [-0.2, -0.15) is 18.2 Å². The predicted octanol–water partition coefficient (Wildman–Crippen LogP) is 4.87. The van der Waals surface area contributed by atoms with Crippen molar-refractivity contribution in [1.29, 1.82) is 0 Å². The molecule has 24 heavy (non-hydrogen) atoms. The third-order valence-corrected chi connectivity index (χ3v) is 3.40. The highest BCUT2D eigenvalue weighted by molar-refractivity contribution is 5.57. The van der Waals surface area contributed by atoms with Gasteiger partial charge in [0.25, 0.3) is 0 Å². The van der Waals surface area contributed by atoms with E-state index >= 15 is 0 Å². The predicted molar refractivity (Wildman–Crippen MR) is 89.6 cm³/mol. The summed E-state index contributed by atoms with van der Waals surface area (Å²) in [7, 11) is 0. The lowest BCUT2D eigenvalue weighted by Gasteiger charge is -2.21. The Kier molecular flexibility index (Phi) is 6.00. The number of alkyl halides is 3. The summed E-state index contributed by atoms with van der Waals surface area (Å²) in [5, 5.41) is 3.02. The zero-order valence-electron chi connectivity index (χ0n) is 13.8. The number of rotatable bonds is 7. The van der Waals surface area contributed by atoms with Crippen LogP contribution in [-0.4, -0.2) is 23.1 Å². The number of benzene rings is 1. The summed E-state index contributed by atoms with van der Waals surface area (Å²) < 4.78 is 37.8. The average Bonchev–Trinajstić information content (AvgIpc) is 2.54. The fourth-order valence-electron chi connectivity index (χ4n) is 2.31. The highest BCUT2D eigenvalue weighted by atomic mass is 19.4. The van der Waals surface area contributed by atoms with Gasteiger partial charge in [-0.3, -0.25) is 0 Å². The molecule has 1 aromatic heterocycles. The van der Waals surface area contributed by atoms with Crippen molar-refractivity contribution in [2.45, 2.75) is 32.9 Å². The Balaban J connectivity index is 2.14. The molecule has 0 fully saturated rings. The summed E-state index contributed by atoms with van der Waals surface area (Å²) in [4.78, 5) is 10.8. The van der Waals surface area contributed by atoms with Crippen molar-refractivity contribution in [2.24, 2.45) is 0 Å². The Morgan fingerprint density at radius 1 is 1.00 bits per heavy atom. The standard InChI is InChI=1S/C17H21F3N4/c1-3-11-24(12-4-2)16-21-10-9-15(23-16)22-14-7-5-13(6-8-14)17(18,19)20/h5-10H,3-4,11-12H2,1-2H3,(H,21,22,23). The van der Waals surface area contributed by atoms with Crippen LogP contribution in [0.2, 0.25) is 0 Å². The van der Waals surface area contributed by atoms with Crippen LogP contribution in [0, 0.1) is 0 Å². The van der Waals surface area contributed by atoms with Crippen LogP contribution >= 0.6 is 0 Å². The van der Waals surface area contributed by atoms with Gasteiger partial charge in [-0.05, 0) is 43.2 Å². The first-order chi connectivity index (χ1) is 11.4. The monoisotopic (exact) mass is 338 g/mol. The van der Waals surface area contributed by atoms with Crippen LogP contribution in [0.3, 0.4) is 0 Å². The molecule has 0 amide bonds. The smallest absolute Gasteiger partial charge is 0.341 e. The second-order valence-corrected chi connectivity index (χ2v) is 5.43. The molecule has 0 saturated carbocycles. The minimum atomic E-state index is -4.33. The topological polar surface area (TPSA) is 41.1 Å². The maximum Gasteiger partial charge on any atom is 0.416 e. The van der Waals surface area contributed by atoms with Gasteiger partial charge in [0.1, 0.15) is 5.82 Å². The molecule has 2 rings (SSSR count). The van der Waals surface area contributed by atoms with E-state index < -0.39 is 11.7 Å². The quantitative estimate of drug-likeness (QED) is 0.782. The van der Waals surface area contributed by atoms with E-state index in [1.54, 1.807) is 12.3 Å². The number of anilines is 3. The molecule has 0 aliphatic carbocycles. The SMILES string of the molecule is CCCN(CCC)c1nccc(Nc2ccc(C(F)(F)F)cc2)n1. The molecule has 0 aliphatic heterocycles. The molecule has 1 aromatic carbocycles. The Bertz CT molecular complexity index is 635. The molecule has 0 aliphatic rings. The maximum absolute atomic E-state index is 12.6. The van der Waals surface area contributed by atoms with E-state index in [9.17, 15) is 13.2 Å². The van der Waals surface area contributed by atoms with Crippen molar-refractivity contribution in [3.63, 3.8) is 0 Å². The molecular weight excluding hydrogens is 317 g/mol. The second kappa shape index (κ2) is 7.99. The van der Waals surface area contributed by atoms with E-state index in [2.05, 4.69) is 34.0 Å². The van der Waals surface area contributed by atoms with Crippen molar-refractivity contribution >= 4 is 17.5 Å². The summed E-state index contributed by atoms with van der Waals surface area (Å²) in [5.41, 5.74) is -0.126. The van der Waals surface area contributed by atoms with Gasteiger partial charge in [-0.25, -0.2) is 4.98 Å². The Labute approximate surface area is 139 Å². The second-order valence-electron chi connectivity index (χ2n) is 5.43. The first kappa shape index (κ1) is 18.0. The van der Waals surface area contributed by atoms with Gasteiger partial charge in [-0.15, -0.1) is 0 Å². The number of hydrogen-bond donors (Lipinski definition) is 1. The van der Waals surface area contributed by atoms with Crippen LogP contribution in [-0.2, 0) is 6.18 Å². The van der Waals surface area contributed by atoms with E-state index in [1.807, 2.05) is 0 Å². The number of halogens is 3. The highest BCUT2D eigenvalue weighted by Gasteiger charge is 2.29. The summed E-state index contributed by atoms with van der Waals surface area (Å²) in [5.74, 6) is 1.17. The fourth-order valence-corrected chi connectivity index (χ4v) is 2.31. The molecule has 0 saturated heterocycles. The number of aromatic nitrogens is 2. The lowest BCUT2D eigenvalue weighted by molar-refractivity contribution is -0.137. The minimum absolute atomic E-state index is 0.546. The molecule has 1 heterocycles. The number of hydrogen-bond acceptors (Lipinski definition) is 4. The van der Waals surface area contributed by atoms with Gasteiger partial charge >= 0.3 is 6.18 Å². The Morgan fingerprint density at radius 2 is 1.62 bits per heavy atom. The van der Waals surface area contributed by atoms with Gasteiger partial charge in [0.2, 0.25) is 5.95 Å². The van der Waals surface area contributed by atoms with E-state index in [1.165, 1.54) is 12.1 Å². The largest absolute Gasteiger partial charge is 0.416 e. The average molecular weight is 338 g/mol.